The maximum Gasteiger partial charge on any atom is 0.313 e. The summed E-state index contributed by atoms with van der Waals surface area (Å²) in [5.74, 6) is -1.28. The van der Waals surface area contributed by atoms with E-state index in [0.29, 0.717) is 11.7 Å². The number of fused-ring (bicyclic) bond motifs is 1. The van der Waals surface area contributed by atoms with Crippen LogP contribution in [-0.2, 0) is 20.9 Å². The molecule has 21 heavy (non-hydrogen) atoms. The molecular formula is C14H16N2O4S. The van der Waals surface area contributed by atoms with E-state index < -0.39 is 5.97 Å². The number of hydrogen-bond acceptors (Lipinski definition) is 5. The molecule has 112 valence electrons. The van der Waals surface area contributed by atoms with Crippen molar-refractivity contribution in [3.05, 3.63) is 23.8 Å². The summed E-state index contributed by atoms with van der Waals surface area (Å²) >= 11 is 1.15. The van der Waals surface area contributed by atoms with Crippen LogP contribution in [0.1, 0.15) is 12.0 Å². The lowest BCUT2D eigenvalue weighted by Gasteiger charge is -2.07. The number of aliphatic carboxylic acids is 1. The minimum Gasteiger partial charge on any atom is -0.481 e. The van der Waals surface area contributed by atoms with Crippen molar-refractivity contribution >= 4 is 34.7 Å². The van der Waals surface area contributed by atoms with Gasteiger partial charge in [0.25, 0.3) is 0 Å². The van der Waals surface area contributed by atoms with Crippen LogP contribution in [-0.4, -0.2) is 39.5 Å². The minimum absolute atomic E-state index is 0.0689. The van der Waals surface area contributed by atoms with Crippen LogP contribution in [0.4, 0.5) is 0 Å². The summed E-state index contributed by atoms with van der Waals surface area (Å²) in [7, 11) is 1.35. The molecule has 2 aromatic rings. The highest BCUT2D eigenvalue weighted by atomic mass is 32.2. The van der Waals surface area contributed by atoms with E-state index in [1.807, 2.05) is 29.7 Å². The van der Waals surface area contributed by atoms with Crippen LogP contribution in [0, 0.1) is 6.92 Å². The first-order valence-electron chi connectivity index (χ1n) is 6.39. The Hall–Kier alpha value is -2.02. The normalized spacial score (nSPS) is 10.8. The second-order valence-electron chi connectivity index (χ2n) is 4.55. The van der Waals surface area contributed by atoms with Gasteiger partial charge in [0.05, 0.1) is 30.3 Å². The van der Waals surface area contributed by atoms with Gasteiger partial charge in [-0.15, -0.1) is 0 Å². The van der Waals surface area contributed by atoms with Gasteiger partial charge in [-0.25, -0.2) is 4.98 Å². The number of esters is 1. The highest BCUT2D eigenvalue weighted by Crippen LogP contribution is 2.25. The van der Waals surface area contributed by atoms with Crippen molar-refractivity contribution in [2.45, 2.75) is 25.0 Å². The molecule has 1 heterocycles. The minimum atomic E-state index is -0.900. The van der Waals surface area contributed by atoms with Crippen molar-refractivity contribution in [1.82, 2.24) is 9.55 Å². The number of carboxylic acids is 1. The summed E-state index contributed by atoms with van der Waals surface area (Å²) in [5.41, 5.74) is 2.76. The summed E-state index contributed by atoms with van der Waals surface area (Å²) in [6, 6.07) is 5.83. The lowest BCUT2D eigenvalue weighted by Crippen LogP contribution is -2.08. The fraction of sp³-hybridized carbons (Fsp3) is 0.357. The molecule has 0 aliphatic carbocycles. The molecule has 0 spiro atoms. The van der Waals surface area contributed by atoms with Crippen molar-refractivity contribution in [1.29, 1.82) is 0 Å². The Balaban J connectivity index is 2.34. The van der Waals surface area contributed by atoms with Crippen LogP contribution >= 0.6 is 11.8 Å². The van der Waals surface area contributed by atoms with Gasteiger partial charge in [-0.2, -0.15) is 0 Å². The van der Waals surface area contributed by atoms with E-state index in [-0.39, 0.29) is 18.1 Å². The number of hydrogen-bond donors (Lipinski definition) is 1. The molecule has 0 aliphatic heterocycles. The van der Waals surface area contributed by atoms with E-state index in [1.54, 1.807) is 0 Å². The largest absolute Gasteiger partial charge is 0.481 e. The van der Waals surface area contributed by atoms with Crippen molar-refractivity contribution < 1.29 is 19.4 Å². The molecule has 0 saturated heterocycles. The number of benzene rings is 1. The van der Waals surface area contributed by atoms with E-state index in [1.165, 1.54) is 7.11 Å². The van der Waals surface area contributed by atoms with Crippen LogP contribution in [0.3, 0.4) is 0 Å². The molecule has 0 atom stereocenters. The third-order valence-corrected chi connectivity index (χ3v) is 3.92. The topological polar surface area (TPSA) is 81.4 Å². The summed E-state index contributed by atoms with van der Waals surface area (Å²) in [6.07, 6.45) is 0.219. The van der Waals surface area contributed by atoms with Crippen molar-refractivity contribution in [3.63, 3.8) is 0 Å². The maximum absolute atomic E-state index is 11.3. The Kier molecular flexibility index (Phi) is 4.85. The zero-order chi connectivity index (χ0) is 15.4. The Morgan fingerprint density at radius 3 is 2.86 bits per heavy atom. The molecule has 1 aromatic heterocycles. The second-order valence-corrected chi connectivity index (χ2v) is 5.49. The van der Waals surface area contributed by atoms with Gasteiger partial charge < -0.3 is 14.4 Å². The molecule has 1 aromatic carbocycles. The highest BCUT2D eigenvalue weighted by molar-refractivity contribution is 7.99. The van der Waals surface area contributed by atoms with E-state index in [0.717, 1.165) is 28.4 Å². The SMILES string of the molecule is COC(=O)CCn1c(SCC(=O)O)nc2cc(C)ccc21. The van der Waals surface area contributed by atoms with Gasteiger partial charge in [-0.1, -0.05) is 17.8 Å². The molecule has 0 radical (unpaired) electrons. The number of carbonyl (C=O) groups excluding carboxylic acids is 1. The van der Waals surface area contributed by atoms with Gasteiger partial charge in [0.15, 0.2) is 5.16 Å². The lowest BCUT2D eigenvalue weighted by molar-refractivity contribution is -0.141. The van der Waals surface area contributed by atoms with Gasteiger partial charge in [-0.05, 0) is 24.6 Å². The predicted molar refractivity (Wildman–Crippen MR) is 79.5 cm³/mol. The van der Waals surface area contributed by atoms with Crippen LogP contribution in [0.15, 0.2) is 23.4 Å². The predicted octanol–water partition coefficient (Wildman–Crippen LogP) is 2.08. The van der Waals surface area contributed by atoms with Gasteiger partial charge in [-0.3, -0.25) is 9.59 Å². The molecule has 7 heteroatoms. The average Bonchev–Trinajstić information content (AvgIpc) is 2.79. The fourth-order valence-electron chi connectivity index (χ4n) is 1.98. The summed E-state index contributed by atoms with van der Waals surface area (Å²) in [6.45, 7) is 2.38. The lowest BCUT2D eigenvalue weighted by atomic mass is 10.2. The number of aryl methyl sites for hydroxylation is 2. The van der Waals surface area contributed by atoms with Gasteiger partial charge in [0.2, 0.25) is 0 Å². The summed E-state index contributed by atoms with van der Waals surface area (Å²) < 4.78 is 6.50. The molecule has 6 nitrogen and oxygen atoms in total. The number of rotatable bonds is 6. The number of carbonyl (C=O) groups is 2. The molecule has 0 aliphatic rings. The monoisotopic (exact) mass is 308 g/mol. The number of carboxylic acid groups (broad SMARTS) is 1. The molecule has 0 unspecified atom stereocenters. The van der Waals surface area contributed by atoms with Crippen molar-refractivity contribution in [3.8, 4) is 0 Å². The van der Waals surface area contributed by atoms with E-state index >= 15 is 0 Å². The molecular weight excluding hydrogens is 292 g/mol. The average molecular weight is 308 g/mol. The van der Waals surface area contributed by atoms with Crippen LogP contribution in [0.25, 0.3) is 11.0 Å². The van der Waals surface area contributed by atoms with Gasteiger partial charge in [0, 0.05) is 6.54 Å². The van der Waals surface area contributed by atoms with Crippen LogP contribution in [0.2, 0.25) is 0 Å². The molecule has 0 fully saturated rings. The van der Waals surface area contributed by atoms with E-state index in [4.69, 9.17) is 5.11 Å². The Labute approximate surface area is 126 Å². The quantitative estimate of drug-likeness (QED) is 0.650. The third kappa shape index (κ3) is 3.75. The number of methoxy groups -OCH3 is 1. The molecule has 1 N–H and O–H groups in total. The van der Waals surface area contributed by atoms with Crippen LogP contribution < -0.4 is 0 Å². The van der Waals surface area contributed by atoms with E-state index in [9.17, 15) is 9.59 Å². The summed E-state index contributed by atoms with van der Waals surface area (Å²) in [4.78, 5) is 26.5. The number of aromatic nitrogens is 2. The standard InChI is InChI=1S/C14H16N2O4S/c1-9-3-4-11-10(7-9)15-14(21-8-12(17)18)16(11)6-5-13(19)20-2/h3-4,7H,5-6,8H2,1-2H3,(H,17,18). The molecule has 2 rings (SSSR count). The van der Waals surface area contributed by atoms with Gasteiger partial charge in [0.1, 0.15) is 0 Å². The van der Waals surface area contributed by atoms with Crippen molar-refractivity contribution in [2.75, 3.05) is 12.9 Å². The first-order chi connectivity index (χ1) is 10.0. The first kappa shape index (κ1) is 15.4. The molecule has 0 amide bonds. The Bertz CT molecular complexity index is 681. The maximum atomic E-state index is 11.3. The number of imidazole rings is 1. The highest BCUT2D eigenvalue weighted by Gasteiger charge is 2.14. The molecule has 0 bridgehead atoms. The molecule has 0 saturated carbocycles. The Morgan fingerprint density at radius 1 is 1.43 bits per heavy atom. The smallest absolute Gasteiger partial charge is 0.313 e. The fourth-order valence-corrected chi connectivity index (χ4v) is 2.74. The first-order valence-corrected chi connectivity index (χ1v) is 7.38. The van der Waals surface area contributed by atoms with E-state index in [2.05, 4.69) is 9.72 Å². The third-order valence-electron chi connectivity index (χ3n) is 2.96. The zero-order valence-electron chi connectivity index (χ0n) is 11.8. The van der Waals surface area contributed by atoms with Crippen LogP contribution in [0.5, 0.6) is 0 Å². The summed E-state index contributed by atoms with van der Waals surface area (Å²) in [5, 5.41) is 9.41. The second kappa shape index (κ2) is 6.62. The number of thioether (sulfide) groups is 1. The Morgan fingerprint density at radius 2 is 2.19 bits per heavy atom. The van der Waals surface area contributed by atoms with Gasteiger partial charge >= 0.3 is 11.9 Å². The van der Waals surface area contributed by atoms with Crippen molar-refractivity contribution in [2.24, 2.45) is 0 Å². The number of ether oxygens (including phenoxy) is 1. The zero-order valence-corrected chi connectivity index (χ0v) is 12.6. The number of nitrogens with zero attached hydrogens (tertiary/aromatic N) is 2.